The number of fused-ring (bicyclic) bond motifs is 1. The third-order valence-corrected chi connectivity index (χ3v) is 5.06. The maximum atomic E-state index is 13.3. The zero-order chi connectivity index (χ0) is 16.5. The highest BCUT2D eigenvalue weighted by Crippen LogP contribution is 2.42. The molecule has 2 fully saturated rings. The van der Waals surface area contributed by atoms with E-state index >= 15 is 0 Å². The fraction of sp³-hybridized carbons (Fsp3) is 0.316. The fourth-order valence-electron chi connectivity index (χ4n) is 3.93. The minimum absolute atomic E-state index is 0.0192. The number of nitrogens with zero attached hydrogens (tertiary/aromatic N) is 1. The third kappa shape index (κ3) is 2.76. The van der Waals surface area contributed by atoms with E-state index in [0.717, 1.165) is 30.9 Å². The Morgan fingerprint density at radius 1 is 1.08 bits per heavy atom. The Morgan fingerprint density at radius 2 is 1.83 bits per heavy atom. The van der Waals surface area contributed by atoms with Gasteiger partial charge in [-0.3, -0.25) is 0 Å². The molecule has 0 radical (unpaired) electrons. The number of hydrogen-bond donors (Lipinski definition) is 2. The molecule has 0 bridgehead atoms. The van der Waals surface area contributed by atoms with E-state index in [0.29, 0.717) is 11.8 Å². The molecular formula is C19H20FN3O. The number of nitrogens with one attached hydrogen (secondary N) is 2. The summed E-state index contributed by atoms with van der Waals surface area (Å²) in [5.41, 5.74) is 1.78. The number of amides is 2. The van der Waals surface area contributed by atoms with E-state index in [-0.39, 0.29) is 17.9 Å². The molecule has 24 heavy (non-hydrogen) atoms. The van der Waals surface area contributed by atoms with E-state index in [1.807, 2.05) is 35.2 Å². The average molecular weight is 325 g/mol. The van der Waals surface area contributed by atoms with Crippen LogP contribution in [0.2, 0.25) is 0 Å². The van der Waals surface area contributed by atoms with Gasteiger partial charge in [0.05, 0.1) is 6.04 Å². The number of urea groups is 1. The number of carbonyl (C=O) groups is 1. The van der Waals surface area contributed by atoms with Gasteiger partial charge in [-0.2, -0.15) is 0 Å². The van der Waals surface area contributed by atoms with Crippen molar-refractivity contribution in [2.24, 2.45) is 11.8 Å². The first kappa shape index (κ1) is 15.1. The van der Waals surface area contributed by atoms with Gasteiger partial charge in [-0.15, -0.1) is 0 Å². The molecular weight excluding hydrogens is 305 g/mol. The number of anilines is 1. The van der Waals surface area contributed by atoms with E-state index < -0.39 is 0 Å². The Hall–Kier alpha value is -2.40. The predicted octanol–water partition coefficient (Wildman–Crippen LogP) is 3.25. The van der Waals surface area contributed by atoms with Gasteiger partial charge in [-0.05, 0) is 35.7 Å². The number of rotatable bonds is 2. The molecule has 2 heterocycles. The van der Waals surface area contributed by atoms with Gasteiger partial charge >= 0.3 is 6.03 Å². The molecule has 3 atom stereocenters. The lowest BCUT2D eigenvalue weighted by Gasteiger charge is -2.28. The van der Waals surface area contributed by atoms with Gasteiger partial charge < -0.3 is 15.5 Å². The molecule has 2 aliphatic heterocycles. The lowest BCUT2D eigenvalue weighted by atomic mass is 9.89. The predicted molar refractivity (Wildman–Crippen MR) is 91.2 cm³/mol. The minimum atomic E-state index is -0.252. The molecule has 5 heteroatoms. The monoisotopic (exact) mass is 325 g/mol. The Balaban J connectivity index is 1.60. The quantitative estimate of drug-likeness (QED) is 0.890. The second-order valence-electron chi connectivity index (χ2n) is 6.53. The van der Waals surface area contributed by atoms with Crippen LogP contribution < -0.4 is 10.6 Å². The smallest absolute Gasteiger partial charge is 0.317 e. The van der Waals surface area contributed by atoms with Crippen molar-refractivity contribution in [1.29, 1.82) is 0 Å². The van der Waals surface area contributed by atoms with Crippen LogP contribution in [0.25, 0.3) is 0 Å². The van der Waals surface area contributed by atoms with E-state index in [9.17, 15) is 9.18 Å². The number of likely N-dealkylation sites (tertiary alicyclic amines) is 1. The molecule has 4 nitrogen and oxygen atoms in total. The lowest BCUT2D eigenvalue weighted by molar-refractivity contribution is 0.199. The zero-order valence-corrected chi connectivity index (χ0v) is 13.3. The van der Waals surface area contributed by atoms with E-state index in [1.165, 1.54) is 12.1 Å². The summed E-state index contributed by atoms with van der Waals surface area (Å²) in [7, 11) is 0. The van der Waals surface area contributed by atoms with E-state index in [1.54, 1.807) is 12.1 Å². The summed E-state index contributed by atoms with van der Waals surface area (Å²) in [5.74, 6) is 0.566. The normalized spacial score (nSPS) is 25.5. The SMILES string of the molecule is O=C(Nc1ccccc1)N1CC2CNCC2C1c1ccc(F)cc1. The van der Waals surface area contributed by atoms with Crippen molar-refractivity contribution in [2.75, 3.05) is 25.0 Å². The highest BCUT2D eigenvalue weighted by Gasteiger charge is 2.46. The summed E-state index contributed by atoms with van der Waals surface area (Å²) in [5, 5.41) is 6.39. The molecule has 2 aliphatic rings. The Labute approximate surface area is 140 Å². The fourth-order valence-corrected chi connectivity index (χ4v) is 3.93. The van der Waals surface area contributed by atoms with Crippen LogP contribution >= 0.6 is 0 Å². The lowest BCUT2D eigenvalue weighted by Crippen LogP contribution is -2.37. The van der Waals surface area contributed by atoms with Crippen molar-refractivity contribution in [2.45, 2.75) is 6.04 Å². The van der Waals surface area contributed by atoms with Gasteiger partial charge in [0.2, 0.25) is 0 Å². The van der Waals surface area contributed by atoms with Gasteiger partial charge in [0.1, 0.15) is 5.82 Å². The second-order valence-corrected chi connectivity index (χ2v) is 6.53. The minimum Gasteiger partial charge on any atom is -0.317 e. The maximum Gasteiger partial charge on any atom is 0.322 e. The average Bonchev–Trinajstić information content (AvgIpc) is 3.17. The van der Waals surface area contributed by atoms with Crippen LogP contribution in [0.15, 0.2) is 54.6 Å². The number of halogens is 1. The van der Waals surface area contributed by atoms with Gasteiger partial charge in [0.15, 0.2) is 0 Å². The van der Waals surface area contributed by atoms with E-state index in [2.05, 4.69) is 10.6 Å². The Kier molecular flexibility index (Phi) is 3.94. The first-order valence-corrected chi connectivity index (χ1v) is 8.31. The number of benzene rings is 2. The Morgan fingerprint density at radius 3 is 2.58 bits per heavy atom. The van der Waals surface area contributed by atoms with Crippen LogP contribution in [-0.2, 0) is 0 Å². The van der Waals surface area contributed by atoms with Gasteiger partial charge in [0.25, 0.3) is 0 Å². The molecule has 2 aromatic rings. The van der Waals surface area contributed by atoms with Crippen LogP contribution in [0.1, 0.15) is 11.6 Å². The van der Waals surface area contributed by atoms with Crippen molar-refractivity contribution < 1.29 is 9.18 Å². The van der Waals surface area contributed by atoms with Gasteiger partial charge in [-0.1, -0.05) is 30.3 Å². The Bertz CT molecular complexity index is 719. The summed E-state index contributed by atoms with van der Waals surface area (Å²) >= 11 is 0. The van der Waals surface area contributed by atoms with Gasteiger partial charge in [-0.25, -0.2) is 9.18 Å². The zero-order valence-electron chi connectivity index (χ0n) is 13.3. The van der Waals surface area contributed by atoms with Crippen molar-refractivity contribution in [1.82, 2.24) is 10.2 Å². The summed E-state index contributed by atoms with van der Waals surface area (Å²) in [6.45, 7) is 2.54. The van der Waals surface area contributed by atoms with Crippen LogP contribution in [-0.4, -0.2) is 30.6 Å². The van der Waals surface area contributed by atoms with Crippen molar-refractivity contribution in [3.8, 4) is 0 Å². The molecule has 0 saturated carbocycles. The van der Waals surface area contributed by atoms with Crippen molar-refractivity contribution in [3.05, 3.63) is 66.0 Å². The molecule has 2 saturated heterocycles. The topological polar surface area (TPSA) is 44.4 Å². The second kappa shape index (κ2) is 6.24. The summed E-state index contributed by atoms with van der Waals surface area (Å²) in [4.78, 5) is 14.7. The number of hydrogen-bond acceptors (Lipinski definition) is 2. The molecule has 0 spiro atoms. The van der Waals surface area contributed by atoms with Crippen molar-refractivity contribution >= 4 is 11.7 Å². The first-order chi connectivity index (χ1) is 11.7. The van der Waals surface area contributed by atoms with Gasteiger partial charge in [0, 0.05) is 31.2 Å². The summed E-state index contributed by atoms with van der Waals surface area (Å²) in [6, 6.07) is 15.9. The summed E-state index contributed by atoms with van der Waals surface area (Å²) in [6.07, 6.45) is 0. The van der Waals surface area contributed by atoms with Crippen LogP contribution in [0.5, 0.6) is 0 Å². The molecule has 2 N–H and O–H groups in total. The van der Waals surface area contributed by atoms with E-state index in [4.69, 9.17) is 0 Å². The van der Waals surface area contributed by atoms with Crippen LogP contribution in [0, 0.1) is 17.7 Å². The molecule has 0 aromatic heterocycles. The maximum absolute atomic E-state index is 13.3. The number of para-hydroxylation sites is 1. The first-order valence-electron chi connectivity index (χ1n) is 8.31. The van der Waals surface area contributed by atoms with Crippen LogP contribution in [0.4, 0.5) is 14.9 Å². The largest absolute Gasteiger partial charge is 0.322 e. The van der Waals surface area contributed by atoms with Crippen molar-refractivity contribution in [3.63, 3.8) is 0 Å². The molecule has 4 rings (SSSR count). The molecule has 3 unspecified atom stereocenters. The molecule has 0 aliphatic carbocycles. The highest BCUT2D eigenvalue weighted by atomic mass is 19.1. The number of carbonyl (C=O) groups excluding carboxylic acids is 1. The molecule has 2 amide bonds. The van der Waals surface area contributed by atoms with Crippen LogP contribution in [0.3, 0.4) is 0 Å². The summed E-state index contributed by atoms with van der Waals surface area (Å²) < 4.78 is 13.3. The molecule has 2 aromatic carbocycles. The third-order valence-electron chi connectivity index (χ3n) is 5.06. The molecule has 124 valence electrons. The standard InChI is InChI=1S/C19H20FN3O/c20-15-8-6-13(7-9-15)18-17-11-21-10-14(17)12-23(18)19(24)22-16-4-2-1-3-5-16/h1-9,14,17-18,21H,10-12H2,(H,22,24). The highest BCUT2D eigenvalue weighted by molar-refractivity contribution is 5.89.